The first-order valence-electron chi connectivity index (χ1n) is 3.42. The van der Waals surface area contributed by atoms with Crippen molar-refractivity contribution in [2.24, 2.45) is 5.73 Å². The number of hydrogen-bond donors (Lipinski definition) is 1. The maximum Gasteiger partial charge on any atom is 0.100 e. The Balaban J connectivity index is 2.24. The molecule has 1 aliphatic heterocycles. The molecule has 0 bridgehead atoms. The Labute approximate surface area is 55.8 Å². The van der Waals surface area contributed by atoms with Crippen LogP contribution in [0.2, 0.25) is 0 Å². The summed E-state index contributed by atoms with van der Waals surface area (Å²) < 4.78 is 5.13. The van der Waals surface area contributed by atoms with Crippen LogP contribution in [0.25, 0.3) is 0 Å². The van der Waals surface area contributed by atoms with Gasteiger partial charge in [-0.15, -0.1) is 0 Å². The van der Waals surface area contributed by atoms with Gasteiger partial charge in [-0.3, -0.25) is 4.90 Å². The van der Waals surface area contributed by atoms with Gasteiger partial charge in [0.25, 0.3) is 0 Å². The fourth-order valence-electron chi connectivity index (χ4n) is 0.948. The van der Waals surface area contributed by atoms with Crippen molar-refractivity contribution in [2.45, 2.75) is 19.5 Å². The van der Waals surface area contributed by atoms with Crippen LogP contribution in [0, 0.1) is 0 Å². The molecule has 3 nitrogen and oxygen atoms in total. The summed E-state index contributed by atoms with van der Waals surface area (Å²) in [6.45, 7) is 4.64. The van der Waals surface area contributed by atoms with Crippen molar-refractivity contribution in [3.05, 3.63) is 0 Å². The lowest BCUT2D eigenvalue weighted by atomic mass is 10.3. The molecule has 0 amide bonds. The van der Waals surface area contributed by atoms with E-state index in [-0.39, 0.29) is 6.17 Å². The minimum absolute atomic E-state index is 0.201. The van der Waals surface area contributed by atoms with E-state index in [1.165, 1.54) is 0 Å². The molecule has 54 valence electrons. The molecule has 0 spiro atoms. The van der Waals surface area contributed by atoms with Gasteiger partial charge in [0, 0.05) is 6.54 Å². The largest absolute Gasteiger partial charge is 0.365 e. The van der Waals surface area contributed by atoms with E-state index >= 15 is 0 Å². The van der Waals surface area contributed by atoms with Crippen LogP contribution in [0.5, 0.6) is 0 Å². The Morgan fingerprint density at radius 2 is 2.56 bits per heavy atom. The second-order valence-electron chi connectivity index (χ2n) is 2.33. The van der Waals surface area contributed by atoms with Crippen molar-refractivity contribution in [3.8, 4) is 0 Å². The summed E-state index contributed by atoms with van der Waals surface area (Å²) in [5, 5.41) is 0. The summed E-state index contributed by atoms with van der Waals surface area (Å²) in [5.74, 6) is 0. The Hall–Kier alpha value is -0.120. The van der Waals surface area contributed by atoms with Crippen molar-refractivity contribution in [2.75, 3.05) is 19.9 Å². The Bertz CT molecular complexity index is 81.1. The molecule has 1 rings (SSSR count). The fourth-order valence-corrected chi connectivity index (χ4v) is 0.948. The summed E-state index contributed by atoms with van der Waals surface area (Å²) in [6, 6.07) is 0. The molecule has 0 aromatic rings. The third kappa shape index (κ3) is 1.64. The molecule has 1 unspecified atom stereocenters. The average Bonchev–Trinajstić information content (AvgIpc) is 2.37. The van der Waals surface area contributed by atoms with E-state index < -0.39 is 0 Å². The van der Waals surface area contributed by atoms with Gasteiger partial charge in [-0.1, -0.05) is 6.92 Å². The minimum Gasteiger partial charge on any atom is -0.365 e. The second-order valence-corrected chi connectivity index (χ2v) is 2.33. The number of ether oxygens (including phenoxy) is 1. The molecule has 9 heavy (non-hydrogen) atoms. The van der Waals surface area contributed by atoms with Gasteiger partial charge in [-0.05, 0) is 6.42 Å². The van der Waals surface area contributed by atoms with Crippen LogP contribution in [0.1, 0.15) is 13.3 Å². The monoisotopic (exact) mass is 130 g/mol. The van der Waals surface area contributed by atoms with Crippen LogP contribution < -0.4 is 5.73 Å². The van der Waals surface area contributed by atoms with Crippen LogP contribution in [0.3, 0.4) is 0 Å². The fraction of sp³-hybridized carbons (Fsp3) is 1.00. The smallest absolute Gasteiger partial charge is 0.100 e. The predicted molar refractivity (Wildman–Crippen MR) is 35.8 cm³/mol. The molecule has 0 aromatic heterocycles. The Morgan fingerprint density at radius 1 is 1.78 bits per heavy atom. The lowest BCUT2D eigenvalue weighted by Gasteiger charge is -2.19. The van der Waals surface area contributed by atoms with E-state index in [0.717, 1.165) is 26.3 Å². The Kier molecular flexibility index (Phi) is 2.45. The summed E-state index contributed by atoms with van der Waals surface area (Å²) in [6.07, 6.45) is 1.20. The lowest BCUT2D eigenvalue weighted by Crippen LogP contribution is -2.39. The molecule has 0 aromatic carbocycles. The zero-order valence-corrected chi connectivity index (χ0v) is 5.84. The number of hydrogen-bond acceptors (Lipinski definition) is 3. The van der Waals surface area contributed by atoms with Crippen LogP contribution in [0.4, 0.5) is 0 Å². The van der Waals surface area contributed by atoms with Crippen molar-refractivity contribution in [3.63, 3.8) is 0 Å². The van der Waals surface area contributed by atoms with Crippen LogP contribution in [-0.2, 0) is 4.74 Å². The maximum atomic E-state index is 5.72. The predicted octanol–water partition coefficient (Wildman–Crippen LogP) is -0.0291. The molecule has 3 heteroatoms. The molecule has 1 atom stereocenters. The lowest BCUT2D eigenvalue weighted by molar-refractivity contribution is 0.114. The van der Waals surface area contributed by atoms with Crippen LogP contribution >= 0.6 is 0 Å². The zero-order valence-electron chi connectivity index (χ0n) is 5.84. The zero-order chi connectivity index (χ0) is 6.69. The third-order valence-corrected chi connectivity index (χ3v) is 1.67. The molecule has 0 aliphatic carbocycles. The highest BCUT2D eigenvalue weighted by Crippen LogP contribution is 2.03. The first kappa shape index (κ1) is 6.99. The van der Waals surface area contributed by atoms with Crippen molar-refractivity contribution in [1.29, 1.82) is 0 Å². The number of nitrogens with two attached hydrogens (primary N) is 1. The quantitative estimate of drug-likeness (QED) is 0.570. The molecular weight excluding hydrogens is 116 g/mol. The number of rotatable bonds is 2. The minimum atomic E-state index is 0.201. The standard InChI is InChI=1S/C6H14N2O/c1-2-6(7)8-3-4-9-5-8/h6H,2-5,7H2,1H3. The first-order valence-corrected chi connectivity index (χ1v) is 3.42. The molecule has 2 N–H and O–H groups in total. The Morgan fingerprint density at radius 3 is 3.00 bits per heavy atom. The van der Waals surface area contributed by atoms with E-state index in [4.69, 9.17) is 10.5 Å². The van der Waals surface area contributed by atoms with Gasteiger partial charge in [0.2, 0.25) is 0 Å². The van der Waals surface area contributed by atoms with Gasteiger partial charge in [-0.25, -0.2) is 0 Å². The highest BCUT2D eigenvalue weighted by molar-refractivity contribution is 4.64. The SMILES string of the molecule is CCC(N)N1CCOC1. The second kappa shape index (κ2) is 3.15. The molecule has 1 aliphatic rings. The molecule has 0 radical (unpaired) electrons. The van der Waals surface area contributed by atoms with E-state index in [2.05, 4.69) is 11.8 Å². The summed E-state index contributed by atoms with van der Waals surface area (Å²) in [7, 11) is 0. The summed E-state index contributed by atoms with van der Waals surface area (Å²) in [5.41, 5.74) is 5.72. The van der Waals surface area contributed by atoms with Gasteiger partial charge in [-0.2, -0.15) is 0 Å². The summed E-state index contributed by atoms with van der Waals surface area (Å²) in [4.78, 5) is 2.14. The van der Waals surface area contributed by atoms with Crippen LogP contribution in [0.15, 0.2) is 0 Å². The van der Waals surface area contributed by atoms with E-state index in [1.807, 2.05) is 0 Å². The molecule has 1 saturated heterocycles. The van der Waals surface area contributed by atoms with E-state index in [1.54, 1.807) is 0 Å². The van der Waals surface area contributed by atoms with Crippen molar-refractivity contribution in [1.82, 2.24) is 4.90 Å². The maximum absolute atomic E-state index is 5.72. The van der Waals surface area contributed by atoms with Gasteiger partial charge < -0.3 is 10.5 Å². The highest BCUT2D eigenvalue weighted by Gasteiger charge is 2.16. The van der Waals surface area contributed by atoms with E-state index in [9.17, 15) is 0 Å². The van der Waals surface area contributed by atoms with Crippen molar-refractivity contribution >= 4 is 0 Å². The normalized spacial score (nSPS) is 24.7. The highest BCUT2D eigenvalue weighted by atomic mass is 16.5. The molecule has 0 saturated carbocycles. The molecular formula is C6H14N2O. The average molecular weight is 130 g/mol. The summed E-state index contributed by atoms with van der Waals surface area (Å²) >= 11 is 0. The molecule has 1 fully saturated rings. The van der Waals surface area contributed by atoms with Gasteiger partial charge in [0.1, 0.15) is 6.73 Å². The van der Waals surface area contributed by atoms with Gasteiger partial charge >= 0.3 is 0 Å². The third-order valence-electron chi connectivity index (χ3n) is 1.67. The molecule has 1 heterocycles. The van der Waals surface area contributed by atoms with Gasteiger partial charge in [0.05, 0.1) is 12.8 Å². The van der Waals surface area contributed by atoms with Crippen LogP contribution in [-0.4, -0.2) is 30.9 Å². The van der Waals surface area contributed by atoms with E-state index in [0.29, 0.717) is 0 Å². The topological polar surface area (TPSA) is 38.5 Å². The van der Waals surface area contributed by atoms with Gasteiger partial charge in [0.15, 0.2) is 0 Å². The number of nitrogens with zero attached hydrogens (tertiary/aromatic N) is 1. The first-order chi connectivity index (χ1) is 4.34. The van der Waals surface area contributed by atoms with Crippen molar-refractivity contribution < 1.29 is 4.74 Å².